The molecule has 0 radical (unpaired) electrons. The first-order chi connectivity index (χ1) is 9.13. The lowest BCUT2D eigenvalue weighted by Crippen LogP contribution is -1.99. The predicted octanol–water partition coefficient (Wildman–Crippen LogP) is 2.61. The number of carbonyl (C=O) groups is 1. The van der Waals surface area contributed by atoms with Gasteiger partial charge in [-0.3, -0.25) is 4.79 Å². The maximum atomic E-state index is 10.8. The summed E-state index contributed by atoms with van der Waals surface area (Å²) in [4.78, 5) is 15.1. The number of rotatable bonds is 4. The third kappa shape index (κ3) is 2.68. The number of carboxylic acids is 1. The highest BCUT2D eigenvalue weighted by Crippen LogP contribution is 2.46. The number of hydrogen-bond donors (Lipinski definition) is 1. The lowest BCUT2D eigenvalue weighted by molar-refractivity contribution is -0.138. The fraction of sp³-hybridized carbons (Fsp3) is 0.308. The molecule has 1 aliphatic rings. The molecule has 1 N–H and O–H groups in total. The molecule has 0 saturated heterocycles. The van der Waals surface area contributed by atoms with Gasteiger partial charge in [0.1, 0.15) is 0 Å². The Morgan fingerprint density at radius 3 is 3.05 bits per heavy atom. The van der Waals surface area contributed by atoms with Crippen molar-refractivity contribution in [1.29, 1.82) is 0 Å². The van der Waals surface area contributed by atoms with E-state index in [9.17, 15) is 4.79 Å². The molecule has 5 nitrogen and oxygen atoms in total. The SMILES string of the molecule is O=C(O)C1CC1c1nc(Cc2cccc(Br)c2)no1. The Hall–Kier alpha value is -1.69. The topological polar surface area (TPSA) is 76.2 Å². The first-order valence-corrected chi connectivity index (χ1v) is 6.72. The first-order valence-electron chi connectivity index (χ1n) is 5.93. The molecule has 1 saturated carbocycles. The van der Waals surface area contributed by atoms with Gasteiger partial charge in [-0.2, -0.15) is 4.98 Å². The van der Waals surface area contributed by atoms with Crippen molar-refractivity contribution in [3.05, 3.63) is 46.0 Å². The highest BCUT2D eigenvalue weighted by atomic mass is 79.9. The molecule has 0 spiro atoms. The molecule has 2 aromatic rings. The summed E-state index contributed by atoms with van der Waals surface area (Å²) in [6, 6.07) is 7.87. The van der Waals surface area contributed by atoms with Crippen LogP contribution in [-0.4, -0.2) is 21.2 Å². The monoisotopic (exact) mass is 322 g/mol. The summed E-state index contributed by atoms with van der Waals surface area (Å²) in [5.41, 5.74) is 1.08. The van der Waals surface area contributed by atoms with Crippen LogP contribution in [0.5, 0.6) is 0 Å². The van der Waals surface area contributed by atoms with E-state index in [-0.39, 0.29) is 11.8 Å². The van der Waals surface area contributed by atoms with Crippen LogP contribution < -0.4 is 0 Å². The molecule has 0 aliphatic heterocycles. The minimum Gasteiger partial charge on any atom is -0.481 e. The number of aromatic nitrogens is 2. The van der Waals surface area contributed by atoms with Crippen molar-refractivity contribution < 1.29 is 14.4 Å². The van der Waals surface area contributed by atoms with E-state index in [2.05, 4.69) is 26.1 Å². The van der Waals surface area contributed by atoms with E-state index in [0.717, 1.165) is 10.0 Å². The zero-order chi connectivity index (χ0) is 13.4. The van der Waals surface area contributed by atoms with Gasteiger partial charge in [-0.15, -0.1) is 0 Å². The summed E-state index contributed by atoms with van der Waals surface area (Å²) in [5.74, 6) is -0.237. The number of aliphatic carboxylic acids is 1. The van der Waals surface area contributed by atoms with Gasteiger partial charge in [-0.1, -0.05) is 33.2 Å². The molecule has 1 aromatic heterocycles. The van der Waals surface area contributed by atoms with Crippen molar-refractivity contribution in [1.82, 2.24) is 10.1 Å². The average molecular weight is 323 g/mol. The van der Waals surface area contributed by atoms with Crippen LogP contribution in [0.4, 0.5) is 0 Å². The van der Waals surface area contributed by atoms with Gasteiger partial charge in [0.15, 0.2) is 5.82 Å². The fourth-order valence-corrected chi connectivity index (χ4v) is 2.51. The van der Waals surface area contributed by atoms with Gasteiger partial charge >= 0.3 is 5.97 Å². The molecular weight excluding hydrogens is 312 g/mol. The maximum Gasteiger partial charge on any atom is 0.307 e. The molecule has 2 atom stereocenters. The van der Waals surface area contributed by atoms with Crippen LogP contribution in [0.15, 0.2) is 33.3 Å². The summed E-state index contributed by atoms with van der Waals surface area (Å²) in [6.45, 7) is 0. The molecule has 6 heteroatoms. The third-order valence-electron chi connectivity index (χ3n) is 3.16. The van der Waals surface area contributed by atoms with Crippen molar-refractivity contribution in [2.45, 2.75) is 18.8 Å². The van der Waals surface area contributed by atoms with Gasteiger partial charge in [-0.25, -0.2) is 0 Å². The second-order valence-electron chi connectivity index (χ2n) is 4.64. The molecule has 98 valence electrons. The maximum absolute atomic E-state index is 10.8. The van der Waals surface area contributed by atoms with E-state index < -0.39 is 5.97 Å². The highest BCUT2D eigenvalue weighted by molar-refractivity contribution is 9.10. The number of carboxylic acid groups (broad SMARTS) is 1. The van der Waals surface area contributed by atoms with Crippen LogP contribution in [-0.2, 0) is 11.2 Å². The van der Waals surface area contributed by atoms with E-state index >= 15 is 0 Å². The summed E-state index contributed by atoms with van der Waals surface area (Å²) < 4.78 is 6.14. The smallest absolute Gasteiger partial charge is 0.307 e. The second-order valence-corrected chi connectivity index (χ2v) is 5.56. The zero-order valence-corrected chi connectivity index (χ0v) is 11.5. The Balaban J connectivity index is 1.71. The summed E-state index contributed by atoms with van der Waals surface area (Å²) in [6.07, 6.45) is 1.17. The molecular formula is C13H11BrN2O3. The standard InChI is InChI=1S/C13H11BrN2O3/c14-8-3-1-2-7(4-8)5-11-15-12(19-16-11)9-6-10(9)13(17)18/h1-4,9-10H,5-6H2,(H,17,18). The van der Waals surface area contributed by atoms with E-state index in [0.29, 0.717) is 24.6 Å². The molecule has 0 bridgehead atoms. The van der Waals surface area contributed by atoms with Crippen molar-refractivity contribution in [2.24, 2.45) is 5.92 Å². The second kappa shape index (κ2) is 4.77. The van der Waals surface area contributed by atoms with Crippen molar-refractivity contribution in [2.75, 3.05) is 0 Å². The lowest BCUT2D eigenvalue weighted by atomic mass is 10.1. The van der Waals surface area contributed by atoms with Crippen LogP contribution in [0, 0.1) is 5.92 Å². The molecule has 1 heterocycles. The van der Waals surface area contributed by atoms with Gasteiger partial charge in [0.05, 0.1) is 11.8 Å². The zero-order valence-electron chi connectivity index (χ0n) is 9.91. The van der Waals surface area contributed by atoms with Crippen LogP contribution in [0.3, 0.4) is 0 Å². The minimum atomic E-state index is -0.795. The van der Waals surface area contributed by atoms with Gasteiger partial charge in [0, 0.05) is 10.9 Å². The number of benzene rings is 1. The van der Waals surface area contributed by atoms with E-state index in [1.165, 1.54) is 0 Å². The fourth-order valence-electron chi connectivity index (χ4n) is 2.06. The van der Waals surface area contributed by atoms with E-state index in [1.807, 2.05) is 24.3 Å². The Bertz CT molecular complexity index is 626. The van der Waals surface area contributed by atoms with Gasteiger partial charge in [0.2, 0.25) is 5.89 Å². The van der Waals surface area contributed by atoms with E-state index in [4.69, 9.17) is 9.63 Å². The normalized spacial score (nSPS) is 21.3. The lowest BCUT2D eigenvalue weighted by Gasteiger charge is -1.96. The van der Waals surface area contributed by atoms with E-state index in [1.54, 1.807) is 0 Å². The Labute approximate surface area is 117 Å². The van der Waals surface area contributed by atoms with Crippen LogP contribution in [0.25, 0.3) is 0 Å². The largest absolute Gasteiger partial charge is 0.481 e. The molecule has 2 unspecified atom stereocenters. The third-order valence-corrected chi connectivity index (χ3v) is 3.65. The molecule has 1 fully saturated rings. The van der Waals surface area contributed by atoms with Crippen molar-refractivity contribution in [3.8, 4) is 0 Å². The minimum absolute atomic E-state index is 0.110. The van der Waals surface area contributed by atoms with Gasteiger partial charge < -0.3 is 9.63 Å². The Kier molecular flexibility index (Phi) is 3.10. The van der Waals surface area contributed by atoms with Crippen molar-refractivity contribution in [3.63, 3.8) is 0 Å². The van der Waals surface area contributed by atoms with Crippen molar-refractivity contribution >= 4 is 21.9 Å². The number of nitrogens with zero attached hydrogens (tertiary/aromatic N) is 2. The van der Waals surface area contributed by atoms with Crippen LogP contribution in [0.1, 0.15) is 29.6 Å². The average Bonchev–Trinajstić information content (AvgIpc) is 3.04. The molecule has 1 aromatic carbocycles. The molecule has 0 amide bonds. The molecule has 3 rings (SSSR count). The summed E-state index contributed by atoms with van der Waals surface area (Å²) in [5, 5.41) is 12.8. The number of halogens is 1. The Morgan fingerprint density at radius 2 is 2.37 bits per heavy atom. The summed E-state index contributed by atoms with van der Waals surface area (Å²) >= 11 is 3.41. The molecule has 1 aliphatic carbocycles. The first kappa shape index (κ1) is 12.3. The summed E-state index contributed by atoms with van der Waals surface area (Å²) in [7, 11) is 0. The Morgan fingerprint density at radius 1 is 1.53 bits per heavy atom. The van der Waals surface area contributed by atoms with Crippen LogP contribution >= 0.6 is 15.9 Å². The van der Waals surface area contributed by atoms with Gasteiger partial charge in [-0.05, 0) is 24.1 Å². The number of hydrogen-bond acceptors (Lipinski definition) is 4. The van der Waals surface area contributed by atoms with Gasteiger partial charge in [0.25, 0.3) is 0 Å². The quantitative estimate of drug-likeness (QED) is 0.936. The highest BCUT2D eigenvalue weighted by Gasteiger charge is 2.48. The van der Waals surface area contributed by atoms with Crippen LogP contribution in [0.2, 0.25) is 0 Å². The predicted molar refractivity (Wildman–Crippen MR) is 69.7 cm³/mol. The molecule has 19 heavy (non-hydrogen) atoms.